The van der Waals surface area contributed by atoms with E-state index < -0.39 is 27.6 Å². The number of rotatable bonds is 11. The minimum absolute atomic E-state index is 0.0949. The number of hydrogen-bond donors (Lipinski definition) is 3. The molecule has 0 saturated carbocycles. The molecular weight excluding hydrogens is 425 g/mol. The Balaban J connectivity index is 1.93. The van der Waals surface area contributed by atoms with Gasteiger partial charge >= 0.3 is 6.03 Å². The van der Waals surface area contributed by atoms with Crippen LogP contribution in [-0.4, -0.2) is 56.1 Å². The third-order valence-electron chi connectivity index (χ3n) is 4.65. The van der Waals surface area contributed by atoms with Gasteiger partial charge in [0.2, 0.25) is 10.0 Å². The van der Waals surface area contributed by atoms with Gasteiger partial charge in [0.15, 0.2) is 11.6 Å². The van der Waals surface area contributed by atoms with Crippen molar-refractivity contribution in [3.8, 4) is 5.75 Å². The molecule has 0 bridgehead atoms. The van der Waals surface area contributed by atoms with Gasteiger partial charge in [-0.2, -0.15) is 0 Å². The third-order valence-corrected chi connectivity index (χ3v) is 6.25. The lowest BCUT2D eigenvalue weighted by atomic mass is 9.95. The van der Waals surface area contributed by atoms with Crippen LogP contribution in [0.25, 0.3) is 0 Å². The molecule has 2 rings (SSSR count). The van der Waals surface area contributed by atoms with Crippen LogP contribution in [0.15, 0.2) is 30.4 Å². The van der Waals surface area contributed by atoms with Gasteiger partial charge in [0, 0.05) is 6.54 Å². The number of nitrogens with one attached hydrogen (secondary N) is 2. The summed E-state index contributed by atoms with van der Waals surface area (Å²) < 4.78 is 47.3. The van der Waals surface area contributed by atoms with Crippen molar-refractivity contribution in [3.05, 3.63) is 41.7 Å². The number of urea groups is 1. The molecule has 10 heteroatoms. The number of benzene rings is 1. The first kappa shape index (κ1) is 25.1. The highest BCUT2D eigenvalue weighted by atomic mass is 32.2. The van der Waals surface area contributed by atoms with E-state index in [0.29, 0.717) is 12.2 Å². The Morgan fingerprint density at radius 3 is 2.71 bits per heavy atom. The predicted molar refractivity (Wildman–Crippen MR) is 117 cm³/mol. The molecule has 1 unspecified atom stereocenters. The smallest absolute Gasteiger partial charge is 0.319 e. The number of aliphatic hydroxyl groups excluding tert-OH is 1. The second kappa shape index (κ2) is 10.4. The molecule has 1 saturated heterocycles. The Morgan fingerprint density at radius 2 is 2.10 bits per heavy atom. The molecule has 1 atom stereocenters. The first-order valence-electron chi connectivity index (χ1n) is 10.2. The van der Waals surface area contributed by atoms with Gasteiger partial charge in [0.25, 0.3) is 0 Å². The Kier molecular flexibility index (Phi) is 8.44. The minimum Gasteiger partial charge on any atom is -0.490 e. The summed E-state index contributed by atoms with van der Waals surface area (Å²) in [5.41, 5.74) is -0.374. The Bertz CT molecular complexity index is 902. The summed E-state index contributed by atoms with van der Waals surface area (Å²) in [4.78, 5) is 12.9. The number of carbonyl (C=O) groups excluding carboxylic acids is 1. The Morgan fingerprint density at radius 1 is 1.39 bits per heavy atom. The van der Waals surface area contributed by atoms with Gasteiger partial charge in [-0.25, -0.2) is 22.3 Å². The summed E-state index contributed by atoms with van der Waals surface area (Å²) in [6.45, 7) is 8.16. The maximum absolute atomic E-state index is 14.0. The molecule has 1 fully saturated rings. The molecule has 31 heavy (non-hydrogen) atoms. The second-order valence-electron chi connectivity index (χ2n) is 8.53. The summed E-state index contributed by atoms with van der Waals surface area (Å²) in [6, 6.07) is 3.98. The summed E-state index contributed by atoms with van der Waals surface area (Å²) in [5, 5.41) is 11.7. The lowest BCUT2D eigenvalue weighted by Gasteiger charge is -2.27. The summed E-state index contributed by atoms with van der Waals surface area (Å²) in [6.07, 6.45) is 2.75. The van der Waals surface area contributed by atoms with E-state index in [1.54, 1.807) is 26.0 Å². The molecule has 2 amide bonds. The minimum atomic E-state index is -3.62. The van der Waals surface area contributed by atoms with Gasteiger partial charge in [-0.1, -0.05) is 32.1 Å². The van der Waals surface area contributed by atoms with Gasteiger partial charge in [-0.05, 0) is 43.9 Å². The molecule has 1 aromatic carbocycles. The number of nitrogens with zero attached hydrogens (tertiary/aromatic N) is 1. The predicted octanol–water partition coefficient (Wildman–Crippen LogP) is 2.30. The molecular formula is C21H32FN3O5S. The van der Waals surface area contributed by atoms with Crippen molar-refractivity contribution in [1.82, 2.24) is 14.9 Å². The average Bonchev–Trinajstić information content (AvgIpc) is 2.96. The van der Waals surface area contributed by atoms with Crippen molar-refractivity contribution >= 4 is 16.1 Å². The quantitative estimate of drug-likeness (QED) is 0.442. The molecule has 1 aliphatic rings. The van der Waals surface area contributed by atoms with E-state index in [9.17, 15) is 22.7 Å². The topological polar surface area (TPSA) is 108 Å². The number of hydrogen-bond acceptors (Lipinski definition) is 5. The zero-order valence-corrected chi connectivity index (χ0v) is 19.2. The fourth-order valence-corrected chi connectivity index (χ4v) is 4.47. The van der Waals surface area contributed by atoms with Crippen LogP contribution in [0.4, 0.5) is 9.18 Å². The number of carbonyl (C=O) groups is 1. The van der Waals surface area contributed by atoms with Crippen molar-refractivity contribution in [3.63, 3.8) is 0 Å². The van der Waals surface area contributed by atoms with Crippen LogP contribution >= 0.6 is 0 Å². The van der Waals surface area contributed by atoms with E-state index >= 15 is 0 Å². The van der Waals surface area contributed by atoms with Crippen molar-refractivity contribution in [1.29, 1.82) is 0 Å². The van der Waals surface area contributed by atoms with E-state index in [4.69, 9.17) is 4.74 Å². The number of sulfonamides is 1. The number of amides is 2. The summed E-state index contributed by atoms with van der Waals surface area (Å²) >= 11 is 0. The zero-order valence-electron chi connectivity index (χ0n) is 18.4. The monoisotopic (exact) mass is 457 g/mol. The molecule has 0 spiro atoms. The van der Waals surface area contributed by atoms with Gasteiger partial charge in [0.1, 0.15) is 6.23 Å². The second-order valence-corrected chi connectivity index (χ2v) is 10.4. The van der Waals surface area contributed by atoms with Crippen molar-refractivity contribution < 1.29 is 27.4 Å². The molecule has 0 aromatic heterocycles. The van der Waals surface area contributed by atoms with E-state index in [-0.39, 0.29) is 43.0 Å². The maximum Gasteiger partial charge on any atom is 0.319 e. The number of ether oxygens (including phenoxy) is 1. The highest BCUT2D eigenvalue weighted by molar-refractivity contribution is 7.89. The van der Waals surface area contributed by atoms with Crippen LogP contribution < -0.4 is 14.8 Å². The van der Waals surface area contributed by atoms with Crippen molar-refractivity contribution in [2.24, 2.45) is 5.92 Å². The van der Waals surface area contributed by atoms with Crippen molar-refractivity contribution in [2.45, 2.75) is 45.9 Å². The van der Waals surface area contributed by atoms with Gasteiger partial charge in [-0.3, -0.25) is 0 Å². The van der Waals surface area contributed by atoms with E-state index in [1.807, 2.05) is 13.8 Å². The van der Waals surface area contributed by atoms with Gasteiger partial charge in [-0.15, -0.1) is 0 Å². The number of allylic oxidation sites excluding steroid dienone is 1. The van der Waals surface area contributed by atoms with Crippen LogP contribution in [0.5, 0.6) is 5.75 Å². The fourth-order valence-electron chi connectivity index (χ4n) is 3.03. The fraction of sp³-hybridized carbons (Fsp3) is 0.571. The molecule has 1 aliphatic heterocycles. The number of β-amino-alcohol motifs (C(OH)–C–C–N with tert-alkyl or cyclic N) is 1. The largest absolute Gasteiger partial charge is 0.490 e. The molecule has 174 valence electrons. The highest BCUT2D eigenvalue weighted by Gasteiger charge is 2.28. The van der Waals surface area contributed by atoms with Crippen molar-refractivity contribution in [2.75, 3.05) is 25.4 Å². The van der Waals surface area contributed by atoms with E-state index in [0.717, 1.165) is 0 Å². The SMILES string of the molecule is CC(C)COc1cc(C(C)(C)NS(=O)(=O)CC/C=C/CN2CC(O)NC2=O)ccc1F. The summed E-state index contributed by atoms with van der Waals surface area (Å²) in [5.74, 6) is -0.308. The zero-order chi connectivity index (χ0) is 23.2. The molecule has 8 nitrogen and oxygen atoms in total. The lowest BCUT2D eigenvalue weighted by Crippen LogP contribution is -2.42. The molecule has 1 heterocycles. The highest BCUT2D eigenvalue weighted by Crippen LogP contribution is 2.27. The van der Waals surface area contributed by atoms with Crippen LogP contribution in [0.3, 0.4) is 0 Å². The average molecular weight is 458 g/mol. The summed E-state index contributed by atoms with van der Waals surface area (Å²) in [7, 11) is -3.62. The lowest BCUT2D eigenvalue weighted by molar-refractivity contribution is 0.162. The van der Waals surface area contributed by atoms with E-state index in [1.165, 1.54) is 23.1 Å². The van der Waals surface area contributed by atoms with Crippen LogP contribution in [-0.2, 0) is 15.6 Å². The van der Waals surface area contributed by atoms with Crippen LogP contribution in [0, 0.1) is 11.7 Å². The number of aliphatic hydroxyl groups is 1. The standard InChI is InChI=1S/C21H32FN3O5S/c1-15(2)14-30-18-12-16(8-9-17(18)22)21(3,4)24-31(28,29)11-7-5-6-10-25-13-19(26)23-20(25)27/h5-6,8-9,12,15,19,24,26H,7,10-11,13-14H2,1-4H3,(H,23,27)/b6-5+. The first-order valence-corrected chi connectivity index (χ1v) is 11.9. The Hall–Kier alpha value is -2.17. The van der Waals surface area contributed by atoms with Gasteiger partial charge < -0.3 is 20.1 Å². The first-order chi connectivity index (χ1) is 14.4. The molecule has 3 N–H and O–H groups in total. The van der Waals surface area contributed by atoms with Crippen LogP contribution in [0.2, 0.25) is 0 Å². The Labute approximate surface area is 183 Å². The van der Waals surface area contributed by atoms with Crippen LogP contribution in [0.1, 0.15) is 39.7 Å². The molecule has 0 aliphatic carbocycles. The maximum atomic E-state index is 14.0. The normalized spacial score (nSPS) is 17.6. The number of halogens is 1. The third kappa shape index (κ3) is 7.79. The van der Waals surface area contributed by atoms with Gasteiger partial charge in [0.05, 0.1) is 24.4 Å². The molecule has 1 aromatic rings. The van der Waals surface area contributed by atoms with E-state index in [2.05, 4.69) is 10.0 Å². The molecule has 0 radical (unpaired) electrons.